The molecule has 1 heteroatoms. The van der Waals surface area contributed by atoms with Gasteiger partial charge in [0.05, 0.1) is 0 Å². The van der Waals surface area contributed by atoms with Crippen LogP contribution in [0.25, 0.3) is 0 Å². The Morgan fingerprint density at radius 3 is 1.58 bits per heavy atom. The van der Waals surface area contributed by atoms with Crippen molar-refractivity contribution in [2.45, 2.75) is 56.6 Å². The smallest absolute Gasteiger partial charge is 0.00220 e. The molecule has 70 valence electrons. The molecular formula is C11H20S. The number of fused-ring (bicyclic) bond motifs is 6. The maximum Gasteiger partial charge on any atom is 0.00220 e. The molecule has 0 aliphatic heterocycles. The average Bonchev–Trinajstić information content (AvgIpc) is 1.91. The lowest BCUT2D eigenvalue weighted by Gasteiger charge is -2.32. The molecule has 3 fully saturated rings. The lowest BCUT2D eigenvalue weighted by atomic mass is 9.77. The van der Waals surface area contributed by atoms with E-state index in [9.17, 15) is 0 Å². The van der Waals surface area contributed by atoms with Gasteiger partial charge in [-0.05, 0) is 24.7 Å². The van der Waals surface area contributed by atoms with E-state index < -0.39 is 0 Å². The second kappa shape index (κ2) is 4.04. The van der Waals surface area contributed by atoms with Crippen LogP contribution >= 0.6 is 12.6 Å². The Labute approximate surface area is 81.5 Å². The summed E-state index contributed by atoms with van der Waals surface area (Å²) >= 11 is 4.68. The molecule has 0 aromatic carbocycles. The summed E-state index contributed by atoms with van der Waals surface area (Å²) < 4.78 is 0. The third-order valence-corrected chi connectivity index (χ3v) is 4.08. The molecule has 0 spiro atoms. The highest BCUT2D eigenvalue weighted by Crippen LogP contribution is 2.37. The molecule has 0 N–H and O–H groups in total. The van der Waals surface area contributed by atoms with Crippen LogP contribution in [0, 0.1) is 11.8 Å². The van der Waals surface area contributed by atoms with E-state index >= 15 is 0 Å². The Kier molecular flexibility index (Phi) is 3.00. The number of hydrogen-bond acceptors (Lipinski definition) is 1. The van der Waals surface area contributed by atoms with Crippen LogP contribution in [0.5, 0.6) is 0 Å². The average molecular weight is 184 g/mol. The summed E-state index contributed by atoms with van der Waals surface area (Å²) in [6, 6.07) is 0. The van der Waals surface area contributed by atoms with Gasteiger partial charge in [-0.25, -0.2) is 0 Å². The Morgan fingerprint density at radius 1 is 0.750 bits per heavy atom. The van der Waals surface area contributed by atoms with Crippen LogP contribution in [0.1, 0.15) is 51.4 Å². The van der Waals surface area contributed by atoms with Crippen LogP contribution in [-0.2, 0) is 0 Å². The first-order valence-corrected chi connectivity index (χ1v) is 6.04. The van der Waals surface area contributed by atoms with Crippen molar-refractivity contribution in [3.63, 3.8) is 0 Å². The fraction of sp³-hybridized carbons (Fsp3) is 1.00. The lowest BCUT2D eigenvalue weighted by molar-refractivity contribution is 0.252. The maximum absolute atomic E-state index is 4.68. The normalized spacial score (nSPS) is 43.2. The highest BCUT2D eigenvalue weighted by Gasteiger charge is 2.24. The topological polar surface area (TPSA) is 0 Å². The van der Waals surface area contributed by atoms with E-state index in [-0.39, 0.29) is 0 Å². The van der Waals surface area contributed by atoms with E-state index in [1.165, 1.54) is 51.4 Å². The fourth-order valence-electron chi connectivity index (χ4n) is 3.02. The molecule has 0 amide bonds. The molecule has 3 aliphatic carbocycles. The minimum atomic E-state index is 0.723. The first-order valence-electron chi connectivity index (χ1n) is 5.52. The van der Waals surface area contributed by atoms with Crippen molar-refractivity contribution in [3.8, 4) is 0 Å². The van der Waals surface area contributed by atoms with Crippen LogP contribution < -0.4 is 0 Å². The SMILES string of the molecule is SC1CC2CCCC(CCC2)C1. The summed E-state index contributed by atoms with van der Waals surface area (Å²) in [5, 5.41) is 0.723. The summed E-state index contributed by atoms with van der Waals surface area (Å²) in [6.07, 6.45) is 11.8. The van der Waals surface area contributed by atoms with Gasteiger partial charge in [-0.3, -0.25) is 0 Å². The zero-order valence-corrected chi connectivity index (χ0v) is 8.73. The van der Waals surface area contributed by atoms with Gasteiger partial charge in [0.1, 0.15) is 0 Å². The van der Waals surface area contributed by atoms with Crippen LogP contribution in [0.4, 0.5) is 0 Å². The molecule has 0 radical (unpaired) electrons. The van der Waals surface area contributed by atoms with Crippen molar-refractivity contribution in [3.05, 3.63) is 0 Å². The van der Waals surface area contributed by atoms with Crippen molar-refractivity contribution >= 4 is 12.6 Å². The molecule has 0 atom stereocenters. The van der Waals surface area contributed by atoms with Crippen molar-refractivity contribution < 1.29 is 0 Å². The Balaban J connectivity index is 2.01. The van der Waals surface area contributed by atoms with E-state index in [0.29, 0.717) is 0 Å². The largest absolute Gasteiger partial charge is 0.176 e. The standard InChI is InChI=1S/C11H20S/c12-11-7-9-3-1-4-10(8-11)6-2-5-9/h9-12H,1-8H2. The van der Waals surface area contributed by atoms with Crippen molar-refractivity contribution in [2.24, 2.45) is 11.8 Å². The minimum absolute atomic E-state index is 0.723. The number of rotatable bonds is 0. The number of thiol groups is 1. The van der Waals surface area contributed by atoms with Gasteiger partial charge < -0.3 is 0 Å². The van der Waals surface area contributed by atoms with Gasteiger partial charge >= 0.3 is 0 Å². The summed E-state index contributed by atoms with van der Waals surface area (Å²) in [5.74, 6) is 2.04. The molecule has 0 aromatic heterocycles. The van der Waals surface area contributed by atoms with Gasteiger partial charge in [-0.2, -0.15) is 12.6 Å². The first-order chi connectivity index (χ1) is 5.84. The predicted molar refractivity (Wildman–Crippen MR) is 56.7 cm³/mol. The van der Waals surface area contributed by atoms with E-state index in [1.807, 2.05) is 0 Å². The molecule has 0 unspecified atom stereocenters. The molecule has 0 heterocycles. The molecule has 3 rings (SSSR count). The highest BCUT2D eigenvalue weighted by molar-refractivity contribution is 7.80. The summed E-state index contributed by atoms with van der Waals surface area (Å²) in [5.41, 5.74) is 0. The first kappa shape index (κ1) is 8.93. The van der Waals surface area contributed by atoms with Crippen LogP contribution in [-0.4, -0.2) is 5.25 Å². The Hall–Kier alpha value is 0.350. The van der Waals surface area contributed by atoms with Gasteiger partial charge in [0, 0.05) is 5.25 Å². The monoisotopic (exact) mass is 184 g/mol. The van der Waals surface area contributed by atoms with E-state index in [4.69, 9.17) is 0 Å². The van der Waals surface area contributed by atoms with Crippen molar-refractivity contribution in [1.29, 1.82) is 0 Å². The van der Waals surface area contributed by atoms with E-state index in [0.717, 1.165) is 17.1 Å². The van der Waals surface area contributed by atoms with Gasteiger partial charge in [0.25, 0.3) is 0 Å². The van der Waals surface area contributed by atoms with Gasteiger partial charge in [0.2, 0.25) is 0 Å². The third-order valence-electron chi connectivity index (χ3n) is 3.66. The highest BCUT2D eigenvalue weighted by atomic mass is 32.1. The van der Waals surface area contributed by atoms with E-state index in [2.05, 4.69) is 12.6 Å². The molecule has 12 heavy (non-hydrogen) atoms. The van der Waals surface area contributed by atoms with E-state index in [1.54, 1.807) is 0 Å². The second-order valence-electron chi connectivity index (χ2n) is 4.72. The number of hydrogen-bond donors (Lipinski definition) is 1. The third kappa shape index (κ3) is 2.18. The molecule has 3 aliphatic rings. The van der Waals surface area contributed by atoms with Crippen LogP contribution in [0.15, 0.2) is 0 Å². The zero-order valence-electron chi connectivity index (χ0n) is 7.84. The maximum atomic E-state index is 4.68. The van der Waals surface area contributed by atoms with Crippen LogP contribution in [0.2, 0.25) is 0 Å². The molecule has 3 saturated carbocycles. The van der Waals surface area contributed by atoms with Crippen molar-refractivity contribution in [2.75, 3.05) is 0 Å². The van der Waals surface area contributed by atoms with Crippen molar-refractivity contribution in [1.82, 2.24) is 0 Å². The summed E-state index contributed by atoms with van der Waals surface area (Å²) in [6.45, 7) is 0. The molecule has 0 nitrogen and oxygen atoms in total. The van der Waals surface area contributed by atoms with Gasteiger partial charge in [-0.1, -0.05) is 38.5 Å². The Morgan fingerprint density at radius 2 is 1.17 bits per heavy atom. The lowest BCUT2D eigenvalue weighted by Crippen LogP contribution is -2.21. The quantitative estimate of drug-likeness (QED) is 0.546. The summed E-state index contributed by atoms with van der Waals surface area (Å²) in [4.78, 5) is 0. The molecule has 0 aromatic rings. The van der Waals surface area contributed by atoms with Crippen LogP contribution in [0.3, 0.4) is 0 Å². The molecule has 0 saturated heterocycles. The molecular weight excluding hydrogens is 164 g/mol. The second-order valence-corrected chi connectivity index (χ2v) is 5.45. The minimum Gasteiger partial charge on any atom is -0.176 e. The van der Waals surface area contributed by atoms with Gasteiger partial charge in [-0.15, -0.1) is 0 Å². The summed E-state index contributed by atoms with van der Waals surface area (Å²) in [7, 11) is 0. The fourth-order valence-corrected chi connectivity index (χ4v) is 3.61. The zero-order chi connectivity index (χ0) is 8.39. The predicted octanol–water partition coefficient (Wildman–Crippen LogP) is 3.67. The van der Waals surface area contributed by atoms with Gasteiger partial charge in [0.15, 0.2) is 0 Å². The molecule has 2 bridgehead atoms. The Bertz CT molecular complexity index is 120.